The average Bonchev–Trinajstić information content (AvgIpc) is 2.55. The van der Waals surface area contributed by atoms with Crippen molar-refractivity contribution in [3.05, 3.63) is 20.8 Å². The molecule has 0 aliphatic heterocycles. The van der Waals surface area contributed by atoms with Crippen LogP contribution in [0.1, 0.15) is 51.9 Å². The van der Waals surface area contributed by atoms with Crippen LogP contribution in [0.2, 0.25) is 0 Å². The van der Waals surface area contributed by atoms with Crippen LogP contribution in [0.3, 0.4) is 0 Å². The van der Waals surface area contributed by atoms with Gasteiger partial charge in [0, 0.05) is 19.6 Å². The van der Waals surface area contributed by atoms with E-state index in [0.717, 1.165) is 25.7 Å². The van der Waals surface area contributed by atoms with Gasteiger partial charge in [-0.25, -0.2) is 4.79 Å². The number of nitrogen functional groups attached to an aromatic ring is 1. The molecule has 0 aromatic carbocycles. The van der Waals surface area contributed by atoms with E-state index in [1.807, 2.05) is 6.92 Å². The Morgan fingerprint density at radius 1 is 1.38 bits per heavy atom. The van der Waals surface area contributed by atoms with Gasteiger partial charge in [0.15, 0.2) is 5.11 Å². The number of nitrogens with two attached hydrogens (primary N) is 1. The molecule has 0 saturated heterocycles. The number of aromatic amines is 1. The summed E-state index contributed by atoms with van der Waals surface area (Å²) in [4.78, 5) is 28.1. The molecule has 0 atom stereocenters. The van der Waals surface area contributed by atoms with Gasteiger partial charge < -0.3 is 16.0 Å². The molecule has 0 spiro atoms. The first-order valence-corrected chi connectivity index (χ1v) is 9.03. The van der Waals surface area contributed by atoms with Crippen molar-refractivity contribution >= 4 is 28.8 Å². The van der Waals surface area contributed by atoms with Crippen molar-refractivity contribution in [1.29, 1.82) is 0 Å². The van der Waals surface area contributed by atoms with E-state index in [4.69, 9.17) is 18.0 Å². The zero-order chi connectivity index (χ0) is 17.7. The number of thiocarbonyl (C=S) groups is 1. The third-order valence-electron chi connectivity index (χ3n) is 4.52. The van der Waals surface area contributed by atoms with Crippen molar-refractivity contribution in [2.75, 3.05) is 17.7 Å². The minimum Gasteiger partial charge on any atom is -0.383 e. The molecule has 4 N–H and O–H groups in total. The fourth-order valence-corrected chi connectivity index (χ4v) is 3.32. The third kappa shape index (κ3) is 4.17. The largest absolute Gasteiger partial charge is 0.383 e. The molecule has 0 bridgehead atoms. The Hall–Kier alpha value is -1.83. The maximum atomic E-state index is 12.2. The van der Waals surface area contributed by atoms with Crippen LogP contribution >= 0.6 is 12.2 Å². The molecule has 24 heavy (non-hydrogen) atoms. The van der Waals surface area contributed by atoms with Crippen LogP contribution in [0.15, 0.2) is 9.59 Å². The molecule has 1 aliphatic rings. The number of rotatable bonds is 5. The zero-order valence-electron chi connectivity index (χ0n) is 14.4. The number of nitrogens with one attached hydrogen (secondary N) is 2. The Morgan fingerprint density at radius 2 is 2.04 bits per heavy atom. The minimum absolute atomic E-state index is 0.160. The molecule has 1 aliphatic carbocycles. The maximum absolute atomic E-state index is 12.2. The van der Waals surface area contributed by atoms with E-state index in [1.165, 1.54) is 23.8 Å². The second kappa shape index (κ2) is 8.32. The van der Waals surface area contributed by atoms with Crippen LogP contribution in [0, 0.1) is 0 Å². The highest BCUT2D eigenvalue weighted by Crippen LogP contribution is 2.19. The van der Waals surface area contributed by atoms with Crippen molar-refractivity contribution in [3.8, 4) is 0 Å². The summed E-state index contributed by atoms with van der Waals surface area (Å²) in [5.74, 6) is 0.160. The second-order valence-corrected chi connectivity index (χ2v) is 6.73. The van der Waals surface area contributed by atoms with Gasteiger partial charge >= 0.3 is 5.69 Å². The molecule has 8 heteroatoms. The van der Waals surface area contributed by atoms with Crippen molar-refractivity contribution in [1.82, 2.24) is 14.9 Å². The Balaban J connectivity index is 2.24. The van der Waals surface area contributed by atoms with Crippen LogP contribution in [0.25, 0.3) is 0 Å². The van der Waals surface area contributed by atoms with Crippen molar-refractivity contribution in [3.63, 3.8) is 0 Å². The zero-order valence-corrected chi connectivity index (χ0v) is 15.2. The van der Waals surface area contributed by atoms with E-state index in [1.54, 1.807) is 11.9 Å². The lowest BCUT2D eigenvalue weighted by atomic mass is 9.96. The lowest BCUT2D eigenvalue weighted by molar-refractivity contribution is 0.413. The normalized spacial score (nSPS) is 15.2. The number of anilines is 2. The predicted molar refractivity (Wildman–Crippen MR) is 102 cm³/mol. The fraction of sp³-hybridized carbons (Fsp3) is 0.688. The van der Waals surface area contributed by atoms with Gasteiger partial charge in [-0.2, -0.15) is 0 Å². The number of nitrogens with zero attached hydrogens (tertiary/aromatic N) is 2. The molecule has 1 saturated carbocycles. The van der Waals surface area contributed by atoms with Gasteiger partial charge in [0.25, 0.3) is 5.56 Å². The standard InChI is InChI=1S/C16H27N5O2S/c1-3-4-10-21-13(17)12(14(22)19-15(21)23)20(2)16(24)18-11-8-6-5-7-9-11/h11H,3-10,17H2,1-2H3,(H,18,24)(H,19,22,23). The lowest BCUT2D eigenvalue weighted by Crippen LogP contribution is -2.47. The molecule has 134 valence electrons. The van der Waals surface area contributed by atoms with Crippen LogP contribution < -0.4 is 27.2 Å². The summed E-state index contributed by atoms with van der Waals surface area (Å²) in [6.07, 6.45) is 7.53. The molecule has 0 radical (unpaired) electrons. The molecule has 0 unspecified atom stereocenters. The lowest BCUT2D eigenvalue weighted by Gasteiger charge is -2.28. The smallest absolute Gasteiger partial charge is 0.330 e. The van der Waals surface area contributed by atoms with Gasteiger partial charge in [-0.1, -0.05) is 32.6 Å². The van der Waals surface area contributed by atoms with Crippen LogP contribution in [-0.2, 0) is 6.54 Å². The molecule has 0 amide bonds. The Kier molecular flexibility index (Phi) is 6.42. The topological polar surface area (TPSA) is 96.2 Å². The van der Waals surface area contributed by atoms with E-state index in [0.29, 0.717) is 17.7 Å². The van der Waals surface area contributed by atoms with E-state index in [-0.39, 0.29) is 11.5 Å². The summed E-state index contributed by atoms with van der Waals surface area (Å²) in [7, 11) is 1.70. The predicted octanol–water partition coefficient (Wildman–Crippen LogP) is 1.56. The molecular weight excluding hydrogens is 326 g/mol. The van der Waals surface area contributed by atoms with Crippen LogP contribution in [0.5, 0.6) is 0 Å². The first-order valence-electron chi connectivity index (χ1n) is 8.62. The van der Waals surface area contributed by atoms with E-state index < -0.39 is 11.2 Å². The fourth-order valence-electron chi connectivity index (χ4n) is 3.06. The van der Waals surface area contributed by atoms with E-state index in [9.17, 15) is 9.59 Å². The van der Waals surface area contributed by atoms with Crippen LogP contribution in [0.4, 0.5) is 11.5 Å². The molecule has 1 aromatic rings. The molecule has 2 rings (SSSR count). The van der Waals surface area contributed by atoms with Gasteiger partial charge in [0.2, 0.25) is 0 Å². The van der Waals surface area contributed by atoms with Gasteiger partial charge in [-0.05, 0) is 31.5 Å². The quantitative estimate of drug-likeness (QED) is 0.695. The highest BCUT2D eigenvalue weighted by atomic mass is 32.1. The second-order valence-electron chi connectivity index (χ2n) is 6.34. The minimum atomic E-state index is -0.513. The number of H-pyrrole nitrogens is 1. The number of unbranched alkanes of at least 4 members (excludes halogenated alkanes) is 1. The Labute approximate surface area is 147 Å². The molecule has 7 nitrogen and oxygen atoms in total. The summed E-state index contributed by atoms with van der Waals surface area (Å²) in [5.41, 5.74) is 5.34. The van der Waals surface area contributed by atoms with Gasteiger partial charge in [0.05, 0.1) is 0 Å². The van der Waals surface area contributed by atoms with Crippen molar-refractivity contribution < 1.29 is 0 Å². The molecular formula is C16H27N5O2S. The molecule has 1 heterocycles. The number of hydrogen-bond acceptors (Lipinski definition) is 4. The summed E-state index contributed by atoms with van der Waals surface area (Å²) >= 11 is 5.44. The molecule has 1 fully saturated rings. The summed E-state index contributed by atoms with van der Waals surface area (Å²) < 4.78 is 1.40. The summed E-state index contributed by atoms with van der Waals surface area (Å²) in [5, 5.41) is 3.77. The Bertz CT molecular complexity index is 691. The van der Waals surface area contributed by atoms with Gasteiger partial charge in [-0.3, -0.25) is 14.3 Å². The Morgan fingerprint density at radius 3 is 2.67 bits per heavy atom. The average molecular weight is 353 g/mol. The first-order chi connectivity index (χ1) is 11.5. The SMILES string of the molecule is CCCCn1c(N)c(N(C)C(=S)NC2CCCCC2)c(=O)[nH]c1=O. The third-order valence-corrected chi connectivity index (χ3v) is 4.91. The van der Waals surface area contributed by atoms with Gasteiger partial charge in [-0.15, -0.1) is 0 Å². The monoisotopic (exact) mass is 353 g/mol. The number of hydrogen-bond donors (Lipinski definition) is 3. The highest BCUT2D eigenvalue weighted by molar-refractivity contribution is 7.80. The summed E-state index contributed by atoms with van der Waals surface area (Å²) in [6, 6.07) is 0.333. The van der Waals surface area contributed by atoms with Crippen molar-refractivity contribution in [2.24, 2.45) is 0 Å². The highest BCUT2D eigenvalue weighted by Gasteiger charge is 2.21. The van der Waals surface area contributed by atoms with Crippen LogP contribution in [-0.4, -0.2) is 27.8 Å². The number of aromatic nitrogens is 2. The van der Waals surface area contributed by atoms with Crippen molar-refractivity contribution in [2.45, 2.75) is 64.5 Å². The van der Waals surface area contributed by atoms with E-state index >= 15 is 0 Å². The first kappa shape index (κ1) is 18.5. The van der Waals surface area contributed by atoms with Gasteiger partial charge in [0.1, 0.15) is 11.5 Å². The molecule has 1 aromatic heterocycles. The maximum Gasteiger partial charge on any atom is 0.330 e. The van der Waals surface area contributed by atoms with E-state index in [2.05, 4.69) is 10.3 Å². The summed E-state index contributed by atoms with van der Waals surface area (Å²) in [6.45, 7) is 2.50.